The average molecular weight is 249 g/mol. The van der Waals surface area contributed by atoms with Crippen LogP contribution in [0.5, 0.6) is 5.75 Å². The van der Waals surface area contributed by atoms with Crippen molar-refractivity contribution in [1.29, 1.82) is 0 Å². The van der Waals surface area contributed by atoms with E-state index in [0.29, 0.717) is 13.0 Å². The van der Waals surface area contributed by atoms with Gasteiger partial charge in [-0.2, -0.15) is 0 Å². The van der Waals surface area contributed by atoms with Gasteiger partial charge in [-0.05, 0) is 25.0 Å². The Kier molecular flexibility index (Phi) is 5.91. The van der Waals surface area contributed by atoms with Gasteiger partial charge in [0.2, 0.25) is 5.91 Å². The molecule has 4 nitrogen and oxygen atoms in total. The highest BCUT2D eigenvalue weighted by atomic mass is 16.5. The molecule has 0 aliphatic heterocycles. The van der Waals surface area contributed by atoms with Gasteiger partial charge < -0.3 is 14.8 Å². The third kappa shape index (κ3) is 4.99. The minimum Gasteiger partial charge on any atom is -0.496 e. The van der Waals surface area contributed by atoms with E-state index in [4.69, 9.17) is 4.74 Å². The lowest BCUT2D eigenvalue weighted by molar-refractivity contribution is -0.124. The number of para-hydroxylation sites is 1. The van der Waals surface area contributed by atoms with Crippen molar-refractivity contribution >= 4 is 11.7 Å². The lowest BCUT2D eigenvalue weighted by Gasteiger charge is -2.08. The van der Waals surface area contributed by atoms with Crippen LogP contribution in [0.4, 0.5) is 0 Å². The standard InChI is InChI=1S/C14H19NO3/c1-11(16)7-8-14(17)15-10-9-12-5-3-4-6-13(12)18-2/h3-6H,7-10H2,1-2H3,(H,15,17). The van der Waals surface area contributed by atoms with Crippen molar-refractivity contribution in [1.82, 2.24) is 5.32 Å². The fourth-order valence-corrected chi connectivity index (χ4v) is 1.62. The van der Waals surface area contributed by atoms with E-state index in [9.17, 15) is 9.59 Å². The summed E-state index contributed by atoms with van der Waals surface area (Å²) in [6.07, 6.45) is 1.29. The SMILES string of the molecule is COc1ccccc1CCNC(=O)CCC(C)=O. The highest BCUT2D eigenvalue weighted by molar-refractivity contribution is 5.83. The van der Waals surface area contributed by atoms with Crippen LogP contribution in [0.15, 0.2) is 24.3 Å². The fourth-order valence-electron chi connectivity index (χ4n) is 1.62. The first-order valence-corrected chi connectivity index (χ1v) is 6.01. The first kappa shape index (κ1) is 14.2. The Labute approximate surface area is 107 Å². The zero-order valence-electron chi connectivity index (χ0n) is 10.9. The molecule has 1 aromatic rings. The molecule has 0 radical (unpaired) electrons. The molecule has 0 heterocycles. The summed E-state index contributed by atoms with van der Waals surface area (Å²) in [5.74, 6) is 0.783. The molecule has 0 saturated heterocycles. The Hall–Kier alpha value is -1.84. The van der Waals surface area contributed by atoms with Crippen LogP contribution in [-0.4, -0.2) is 25.3 Å². The van der Waals surface area contributed by atoms with Crippen LogP contribution in [-0.2, 0) is 16.0 Å². The maximum atomic E-state index is 11.4. The number of hydrogen-bond donors (Lipinski definition) is 1. The van der Waals surface area contributed by atoms with Gasteiger partial charge >= 0.3 is 0 Å². The van der Waals surface area contributed by atoms with Crippen molar-refractivity contribution in [2.24, 2.45) is 0 Å². The van der Waals surface area contributed by atoms with E-state index < -0.39 is 0 Å². The molecule has 18 heavy (non-hydrogen) atoms. The lowest BCUT2D eigenvalue weighted by atomic mass is 10.1. The summed E-state index contributed by atoms with van der Waals surface area (Å²) in [6, 6.07) is 7.72. The smallest absolute Gasteiger partial charge is 0.220 e. The summed E-state index contributed by atoms with van der Waals surface area (Å²) < 4.78 is 5.22. The fraction of sp³-hybridized carbons (Fsp3) is 0.429. The summed E-state index contributed by atoms with van der Waals surface area (Å²) >= 11 is 0. The highest BCUT2D eigenvalue weighted by Gasteiger charge is 2.04. The zero-order chi connectivity index (χ0) is 13.4. The van der Waals surface area contributed by atoms with Gasteiger partial charge in [0.1, 0.15) is 11.5 Å². The van der Waals surface area contributed by atoms with Gasteiger partial charge in [0.15, 0.2) is 0 Å². The normalized spacial score (nSPS) is 9.89. The quantitative estimate of drug-likeness (QED) is 0.800. The molecular weight excluding hydrogens is 230 g/mol. The molecule has 1 rings (SSSR count). The van der Waals surface area contributed by atoms with Gasteiger partial charge in [-0.1, -0.05) is 18.2 Å². The van der Waals surface area contributed by atoms with Crippen molar-refractivity contribution in [3.8, 4) is 5.75 Å². The number of ether oxygens (including phenoxy) is 1. The summed E-state index contributed by atoms with van der Waals surface area (Å²) in [4.78, 5) is 22.1. The van der Waals surface area contributed by atoms with Gasteiger partial charge in [-0.15, -0.1) is 0 Å². The predicted molar refractivity (Wildman–Crippen MR) is 69.6 cm³/mol. The molecule has 1 aromatic carbocycles. The third-order valence-corrected chi connectivity index (χ3v) is 2.61. The third-order valence-electron chi connectivity index (χ3n) is 2.61. The molecule has 0 aliphatic rings. The number of hydrogen-bond acceptors (Lipinski definition) is 3. The van der Waals surface area contributed by atoms with Gasteiger partial charge in [0.25, 0.3) is 0 Å². The molecule has 1 amide bonds. The van der Waals surface area contributed by atoms with Gasteiger partial charge in [-0.25, -0.2) is 0 Å². The number of carbonyl (C=O) groups excluding carboxylic acids is 2. The Balaban J connectivity index is 2.33. The van der Waals surface area contributed by atoms with E-state index in [1.165, 1.54) is 6.92 Å². The second kappa shape index (κ2) is 7.48. The highest BCUT2D eigenvalue weighted by Crippen LogP contribution is 2.17. The number of Topliss-reactive ketones (excluding diaryl/α,β-unsaturated/α-hetero) is 1. The molecule has 0 bridgehead atoms. The van der Waals surface area contributed by atoms with Crippen molar-refractivity contribution in [2.75, 3.05) is 13.7 Å². The molecule has 1 N–H and O–H groups in total. The number of methoxy groups -OCH3 is 1. The molecule has 0 aromatic heterocycles. The first-order chi connectivity index (χ1) is 8.63. The van der Waals surface area contributed by atoms with Crippen LogP contribution in [0, 0.1) is 0 Å². The van der Waals surface area contributed by atoms with E-state index in [1.54, 1.807) is 7.11 Å². The molecule has 98 valence electrons. The number of nitrogens with one attached hydrogen (secondary N) is 1. The minimum absolute atomic E-state index is 0.0369. The Morgan fingerprint density at radius 1 is 1.22 bits per heavy atom. The maximum absolute atomic E-state index is 11.4. The second-order valence-electron chi connectivity index (χ2n) is 4.11. The number of rotatable bonds is 7. The summed E-state index contributed by atoms with van der Waals surface area (Å²) in [6.45, 7) is 2.04. The van der Waals surface area contributed by atoms with Crippen LogP contribution in [0.25, 0.3) is 0 Å². The molecule has 0 aliphatic carbocycles. The Morgan fingerprint density at radius 3 is 2.61 bits per heavy atom. The molecule has 0 atom stereocenters. The maximum Gasteiger partial charge on any atom is 0.220 e. The van der Waals surface area contributed by atoms with Crippen molar-refractivity contribution in [3.05, 3.63) is 29.8 Å². The molecule has 0 fully saturated rings. The topological polar surface area (TPSA) is 55.4 Å². The number of benzene rings is 1. The Morgan fingerprint density at radius 2 is 1.94 bits per heavy atom. The van der Waals surface area contributed by atoms with Crippen molar-refractivity contribution in [2.45, 2.75) is 26.2 Å². The van der Waals surface area contributed by atoms with E-state index >= 15 is 0 Å². The van der Waals surface area contributed by atoms with E-state index in [1.807, 2.05) is 24.3 Å². The van der Waals surface area contributed by atoms with Gasteiger partial charge in [0.05, 0.1) is 7.11 Å². The number of amides is 1. The van der Waals surface area contributed by atoms with E-state index in [2.05, 4.69) is 5.32 Å². The summed E-state index contributed by atoms with van der Waals surface area (Å²) in [5.41, 5.74) is 1.06. The monoisotopic (exact) mass is 249 g/mol. The Bertz CT molecular complexity index is 415. The molecular formula is C14H19NO3. The van der Waals surface area contributed by atoms with Crippen LogP contribution in [0.3, 0.4) is 0 Å². The van der Waals surface area contributed by atoms with Crippen molar-refractivity contribution < 1.29 is 14.3 Å². The largest absolute Gasteiger partial charge is 0.496 e. The van der Waals surface area contributed by atoms with Crippen molar-refractivity contribution in [3.63, 3.8) is 0 Å². The molecule has 0 spiro atoms. The number of ketones is 1. The lowest BCUT2D eigenvalue weighted by Crippen LogP contribution is -2.25. The van der Waals surface area contributed by atoms with Crippen LogP contribution >= 0.6 is 0 Å². The van der Waals surface area contributed by atoms with Crippen LogP contribution < -0.4 is 10.1 Å². The van der Waals surface area contributed by atoms with Crippen LogP contribution in [0.2, 0.25) is 0 Å². The summed E-state index contributed by atoms with van der Waals surface area (Å²) in [7, 11) is 1.63. The van der Waals surface area contributed by atoms with Gasteiger partial charge in [0, 0.05) is 19.4 Å². The number of carbonyl (C=O) groups is 2. The van der Waals surface area contributed by atoms with Crippen LogP contribution in [0.1, 0.15) is 25.3 Å². The molecule has 0 unspecified atom stereocenters. The predicted octanol–water partition coefficient (Wildman–Crippen LogP) is 1.72. The summed E-state index contributed by atoms with van der Waals surface area (Å²) in [5, 5.41) is 2.79. The van der Waals surface area contributed by atoms with E-state index in [-0.39, 0.29) is 18.1 Å². The molecule has 0 saturated carbocycles. The average Bonchev–Trinajstić information content (AvgIpc) is 2.37. The van der Waals surface area contributed by atoms with E-state index in [0.717, 1.165) is 17.7 Å². The second-order valence-corrected chi connectivity index (χ2v) is 4.11. The van der Waals surface area contributed by atoms with Gasteiger partial charge in [-0.3, -0.25) is 4.79 Å². The zero-order valence-corrected chi connectivity index (χ0v) is 10.9. The molecule has 4 heteroatoms. The first-order valence-electron chi connectivity index (χ1n) is 6.01. The minimum atomic E-state index is -0.0832.